The molecule has 1 unspecified atom stereocenters. The van der Waals surface area contributed by atoms with Crippen LogP contribution in [0.3, 0.4) is 0 Å². The van der Waals surface area contributed by atoms with Crippen molar-refractivity contribution >= 4 is 5.91 Å². The number of methoxy groups -OCH3 is 1. The van der Waals surface area contributed by atoms with Crippen LogP contribution in [0.25, 0.3) is 0 Å². The number of likely N-dealkylation sites (tertiary alicyclic amines) is 1. The highest BCUT2D eigenvalue weighted by Gasteiger charge is 2.18. The van der Waals surface area contributed by atoms with Gasteiger partial charge in [-0.3, -0.25) is 9.69 Å². The topological polar surface area (TPSA) is 87.8 Å². The van der Waals surface area contributed by atoms with Crippen molar-refractivity contribution in [3.8, 4) is 0 Å². The lowest BCUT2D eigenvalue weighted by atomic mass is 10.0. The Balaban J connectivity index is 1.91. The van der Waals surface area contributed by atoms with Crippen molar-refractivity contribution in [1.29, 1.82) is 0 Å². The molecule has 1 amide bonds. The van der Waals surface area contributed by atoms with E-state index >= 15 is 0 Å². The predicted octanol–water partition coefficient (Wildman–Crippen LogP) is 0.233. The van der Waals surface area contributed by atoms with E-state index in [0.717, 1.165) is 38.0 Å². The molecule has 6 nitrogen and oxygen atoms in total. The van der Waals surface area contributed by atoms with Gasteiger partial charge in [-0.1, -0.05) is 24.3 Å². The zero-order valence-corrected chi connectivity index (χ0v) is 13.7. The summed E-state index contributed by atoms with van der Waals surface area (Å²) in [6.07, 6.45) is 1.48. The summed E-state index contributed by atoms with van der Waals surface area (Å²) in [7, 11) is 1.53. The first-order chi connectivity index (χ1) is 11.1. The maximum atomic E-state index is 11.9. The van der Waals surface area contributed by atoms with Gasteiger partial charge in [0.05, 0.1) is 12.7 Å². The number of piperidine rings is 1. The Bertz CT molecular complexity index is 502. The second-order valence-corrected chi connectivity index (χ2v) is 6.06. The van der Waals surface area contributed by atoms with Gasteiger partial charge in [-0.2, -0.15) is 0 Å². The SMILES string of the molecule is COCC(N)C(=O)NCc1ccccc1CN1CCC(O)CC1. The fourth-order valence-electron chi connectivity index (χ4n) is 2.77. The minimum Gasteiger partial charge on any atom is -0.393 e. The molecule has 0 aliphatic carbocycles. The lowest BCUT2D eigenvalue weighted by Gasteiger charge is -2.30. The maximum absolute atomic E-state index is 11.9. The molecular weight excluding hydrogens is 294 g/mol. The number of hydrogen-bond donors (Lipinski definition) is 3. The standard InChI is InChI=1S/C17H27N3O3/c1-23-12-16(18)17(22)19-10-13-4-2-3-5-14(13)11-20-8-6-15(21)7-9-20/h2-5,15-16,21H,6-12,18H2,1H3,(H,19,22). The van der Waals surface area contributed by atoms with E-state index in [2.05, 4.69) is 16.3 Å². The zero-order valence-electron chi connectivity index (χ0n) is 13.7. The smallest absolute Gasteiger partial charge is 0.239 e. The monoisotopic (exact) mass is 321 g/mol. The van der Waals surface area contributed by atoms with Gasteiger partial charge in [0.1, 0.15) is 6.04 Å². The van der Waals surface area contributed by atoms with Crippen molar-refractivity contribution in [2.24, 2.45) is 5.73 Å². The second kappa shape index (κ2) is 8.98. The lowest BCUT2D eigenvalue weighted by molar-refractivity contribution is -0.123. The highest BCUT2D eigenvalue weighted by molar-refractivity contribution is 5.81. The van der Waals surface area contributed by atoms with Gasteiger partial charge in [-0.05, 0) is 24.0 Å². The number of carbonyl (C=O) groups excluding carboxylic acids is 1. The van der Waals surface area contributed by atoms with Crippen LogP contribution >= 0.6 is 0 Å². The van der Waals surface area contributed by atoms with Crippen molar-refractivity contribution in [1.82, 2.24) is 10.2 Å². The number of hydrogen-bond acceptors (Lipinski definition) is 5. The third-order valence-electron chi connectivity index (χ3n) is 4.21. The van der Waals surface area contributed by atoms with E-state index in [1.54, 1.807) is 0 Å². The Morgan fingerprint density at radius 1 is 1.39 bits per heavy atom. The highest BCUT2D eigenvalue weighted by atomic mass is 16.5. The van der Waals surface area contributed by atoms with Gasteiger partial charge in [-0.15, -0.1) is 0 Å². The van der Waals surface area contributed by atoms with Gasteiger partial charge >= 0.3 is 0 Å². The second-order valence-electron chi connectivity index (χ2n) is 6.06. The first-order valence-corrected chi connectivity index (χ1v) is 8.09. The van der Waals surface area contributed by atoms with Gasteiger partial charge < -0.3 is 20.9 Å². The Morgan fingerprint density at radius 3 is 2.70 bits per heavy atom. The average molecular weight is 321 g/mol. The number of aliphatic hydroxyl groups is 1. The van der Waals surface area contributed by atoms with Crippen LogP contribution in [0.5, 0.6) is 0 Å². The number of amides is 1. The van der Waals surface area contributed by atoms with Crippen molar-refractivity contribution in [3.05, 3.63) is 35.4 Å². The van der Waals surface area contributed by atoms with E-state index in [4.69, 9.17) is 10.5 Å². The maximum Gasteiger partial charge on any atom is 0.239 e. The van der Waals surface area contributed by atoms with Gasteiger partial charge in [-0.25, -0.2) is 0 Å². The molecule has 6 heteroatoms. The van der Waals surface area contributed by atoms with Crippen molar-refractivity contribution in [3.63, 3.8) is 0 Å². The van der Waals surface area contributed by atoms with Crippen LogP contribution in [0.2, 0.25) is 0 Å². The Hall–Kier alpha value is -1.47. The first kappa shape index (κ1) is 17.9. The summed E-state index contributed by atoms with van der Waals surface area (Å²) in [4.78, 5) is 14.2. The molecule has 1 aromatic rings. The molecule has 1 aliphatic rings. The number of rotatable bonds is 7. The summed E-state index contributed by atoms with van der Waals surface area (Å²) in [5.41, 5.74) is 8.02. The Labute approximate surface area is 137 Å². The van der Waals surface area contributed by atoms with E-state index in [0.29, 0.717) is 6.54 Å². The summed E-state index contributed by atoms with van der Waals surface area (Å²) >= 11 is 0. The highest BCUT2D eigenvalue weighted by Crippen LogP contribution is 2.16. The number of aliphatic hydroxyl groups excluding tert-OH is 1. The molecule has 1 fully saturated rings. The fraction of sp³-hybridized carbons (Fsp3) is 0.588. The molecule has 1 heterocycles. The van der Waals surface area contributed by atoms with Crippen molar-refractivity contribution < 1.29 is 14.6 Å². The van der Waals surface area contributed by atoms with E-state index < -0.39 is 6.04 Å². The molecule has 0 aromatic heterocycles. The van der Waals surface area contributed by atoms with E-state index in [1.165, 1.54) is 12.7 Å². The predicted molar refractivity (Wildman–Crippen MR) is 88.7 cm³/mol. The van der Waals surface area contributed by atoms with Crippen LogP contribution in [0.15, 0.2) is 24.3 Å². The number of nitrogens with two attached hydrogens (primary N) is 1. The van der Waals surface area contributed by atoms with Crippen LogP contribution in [0, 0.1) is 0 Å². The molecule has 1 aromatic carbocycles. The van der Waals surface area contributed by atoms with Gasteiger partial charge in [0.25, 0.3) is 0 Å². The van der Waals surface area contributed by atoms with Gasteiger partial charge in [0, 0.05) is 33.3 Å². The first-order valence-electron chi connectivity index (χ1n) is 8.09. The Kier molecular flexibility index (Phi) is 6.98. The van der Waals surface area contributed by atoms with Crippen LogP contribution in [-0.2, 0) is 22.6 Å². The molecule has 23 heavy (non-hydrogen) atoms. The number of nitrogens with zero attached hydrogens (tertiary/aromatic N) is 1. The van der Waals surface area contributed by atoms with Crippen LogP contribution < -0.4 is 11.1 Å². The molecule has 1 saturated heterocycles. The molecule has 1 atom stereocenters. The molecule has 1 aliphatic heterocycles. The van der Waals surface area contributed by atoms with Crippen LogP contribution in [0.4, 0.5) is 0 Å². The van der Waals surface area contributed by atoms with Gasteiger partial charge in [0.2, 0.25) is 5.91 Å². The minimum absolute atomic E-state index is 0.164. The molecule has 0 saturated carbocycles. The van der Waals surface area contributed by atoms with E-state index in [9.17, 15) is 9.90 Å². The van der Waals surface area contributed by atoms with E-state index in [1.807, 2.05) is 18.2 Å². The summed E-state index contributed by atoms with van der Waals surface area (Å²) < 4.78 is 4.90. The quantitative estimate of drug-likeness (QED) is 0.669. The number of benzene rings is 1. The molecule has 4 N–H and O–H groups in total. The van der Waals surface area contributed by atoms with Crippen molar-refractivity contribution in [2.75, 3.05) is 26.8 Å². The summed E-state index contributed by atoms with van der Waals surface area (Å²) in [6, 6.07) is 7.45. The normalized spacial score (nSPS) is 17.9. The number of carbonyl (C=O) groups is 1. The molecular formula is C17H27N3O3. The fourth-order valence-corrected chi connectivity index (χ4v) is 2.77. The van der Waals surface area contributed by atoms with Gasteiger partial charge in [0.15, 0.2) is 0 Å². The number of ether oxygens (including phenoxy) is 1. The van der Waals surface area contributed by atoms with Crippen LogP contribution in [-0.4, -0.2) is 54.9 Å². The average Bonchev–Trinajstić information content (AvgIpc) is 2.56. The zero-order chi connectivity index (χ0) is 16.7. The lowest BCUT2D eigenvalue weighted by Crippen LogP contribution is -2.43. The van der Waals surface area contributed by atoms with Crippen molar-refractivity contribution in [2.45, 2.75) is 38.1 Å². The van der Waals surface area contributed by atoms with E-state index in [-0.39, 0.29) is 18.6 Å². The van der Waals surface area contributed by atoms with Crippen LogP contribution in [0.1, 0.15) is 24.0 Å². The molecule has 0 bridgehead atoms. The Morgan fingerprint density at radius 2 is 2.04 bits per heavy atom. The molecule has 2 rings (SSSR count). The summed E-state index contributed by atoms with van der Waals surface area (Å²) in [5.74, 6) is -0.206. The summed E-state index contributed by atoms with van der Waals surface area (Å²) in [6.45, 7) is 3.32. The third-order valence-corrected chi connectivity index (χ3v) is 4.21. The number of nitrogens with one attached hydrogen (secondary N) is 1. The minimum atomic E-state index is -0.643. The largest absolute Gasteiger partial charge is 0.393 e. The molecule has 128 valence electrons. The molecule has 0 spiro atoms. The summed E-state index contributed by atoms with van der Waals surface area (Å²) in [5, 5.41) is 12.5. The third kappa shape index (κ3) is 5.58. The molecule has 0 radical (unpaired) electrons.